The first-order valence-corrected chi connectivity index (χ1v) is 11.5. The molecule has 0 aliphatic carbocycles. The number of sulfonamides is 1. The molecule has 25 heavy (non-hydrogen) atoms. The van der Waals surface area contributed by atoms with E-state index >= 15 is 0 Å². The summed E-state index contributed by atoms with van der Waals surface area (Å²) < 4.78 is 27.7. The highest BCUT2D eigenvalue weighted by Gasteiger charge is 2.42. The Kier molecular flexibility index (Phi) is 4.47. The van der Waals surface area contributed by atoms with Gasteiger partial charge in [0.05, 0.1) is 0 Å². The second-order valence-corrected chi connectivity index (χ2v) is 10.9. The van der Waals surface area contributed by atoms with Crippen molar-refractivity contribution in [1.82, 2.24) is 9.21 Å². The van der Waals surface area contributed by atoms with Crippen LogP contribution in [0, 0.1) is 6.92 Å². The number of rotatable bonds is 3. The minimum Gasteiger partial charge on any atom is -0.337 e. The second kappa shape index (κ2) is 6.50. The van der Waals surface area contributed by atoms with Gasteiger partial charge in [-0.25, -0.2) is 8.42 Å². The number of nitrogens with zero attached hydrogens (tertiary/aromatic N) is 2. The number of amides is 1. The van der Waals surface area contributed by atoms with E-state index in [1.165, 1.54) is 26.1 Å². The highest BCUT2D eigenvalue weighted by atomic mass is 32.2. The molecule has 1 fully saturated rings. The van der Waals surface area contributed by atoms with Crippen molar-refractivity contribution in [1.29, 1.82) is 0 Å². The molecule has 1 saturated heterocycles. The molecule has 8 heteroatoms. The Labute approximate surface area is 155 Å². The number of carbonyl (C=O) groups is 1. The number of thiophene rings is 2. The van der Waals surface area contributed by atoms with E-state index in [1.807, 2.05) is 17.9 Å². The van der Waals surface area contributed by atoms with Crippen LogP contribution in [0.25, 0.3) is 0 Å². The van der Waals surface area contributed by atoms with Crippen LogP contribution in [0.2, 0.25) is 0 Å². The van der Waals surface area contributed by atoms with Gasteiger partial charge >= 0.3 is 0 Å². The van der Waals surface area contributed by atoms with Gasteiger partial charge in [0.25, 0.3) is 10.0 Å². The van der Waals surface area contributed by atoms with Crippen molar-refractivity contribution in [2.45, 2.75) is 43.0 Å². The quantitative estimate of drug-likeness (QED) is 0.802. The molecule has 0 spiro atoms. The summed E-state index contributed by atoms with van der Waals surface area (Å²) in [4.78, 5) is 17.2. The molecule has 0 aromatic carbocycles. The first-order valence-electron chi connectivity index (χ1n) is 8.39. The summed E-state index contributed by atoms with van der Waals surface area (Å²) in [6, 6.07) is 4.96. The van der Waals surface area contributed by atoms with Gasteiger partial charge in [0.2, 0.25) is 5.91 Å². The van der Waals surface area contributed by atoms with E-state index < -0.39 is 16.1 Å². The van der Waals surface area contributed by atoms with Gasteiger partial charge in [0.1, 0.15) is 10.3 Å². The SMILES string of the molecule is Cc1ccc(S(=O)(=O)N2CCCC2C(=O)N2CCc3sccc3C2)s1. The third-order valence-electron chi connectivity index (χ3n) is 4.89. The Morgan fingerprint density at radius 1 is 1.24 bits per heavy atom. The van der Waals surface area contributed by atoms with Crippen molar-refractivity contribution in [2.75, 3.05) is 13.1 Å². The average molecular weight is 397 g/mol. The predicted molar refractivity (Wildman–Crippen MR) is 99.4 cm³/mol. The zero-order valence-corrected chi connectivity index (χ0v) is 16.4. The summed E-state index contributed by atoms with van der Waals surface area (Å²) in [5, 5.41) is 2.06. The first kappa shape index (κ1) is 17.2. The maximum atomic E-state index is 13.1. The zero-order valence-electron chi connectivity index (χ0n) is 14.0. The molecule has 0 bridgehead atoms. The Hall–Kier alpha value is -1.22. The largest absolute Gasteiger partial charge is 0.337 e. The van der Waals surface area contributed by atoms with Crippen LogP contribution >= 0.6 is 22.7 Å². The number of aryl methyl sites for hydroxylation is 1. The number of hydrogen-bond acceptors (Lipinski definition) is 5. The Balaban J connectivity index is 1.56. The predicted octanol–water partition coefficient (Wildman–Crippen LogP) is 2.86. The lowest BCUT2D eigenvalue weighted by Gasteiger charge is -2.32. The molecule has 5 nitrogen and oxygen atoms in total. The molecule has 2 aliphatic rings. The molecule has 4 heterocycles. The fourth-order valence-electron chi connectivity index (χ4n) is 3.59. The van der Waals surface area contributed by atoms with Gasteiger partial charge in [-0.05, 0) is 55.3 Å². The molecule has 0 N–H and O–H groups in total. The van der Waals surface area contributed by atoms with Crippen LogP contribution in [0.5, 0.6) is 0 Å². The van der Waals surface area contributed by atoms with Crippen molar-refractivity contribution in [2.24, 2.45) is 0 Å². The van der Waals surface area contributed by atoms with Gasteiger partial charge in [-0.2, -0.15) is 4.31 Å². The van der Waals surface area contributed by atoms with E-state index in [1.54, 1.807) is 17.4 Å². The first-order chi connectivity index (χ1) is 12.0. The molecular formula is C17H20N2O3S3. The van der Waals surface area contributed by atoms with Crippen LogP contribution in [0.15, 0.2) is 27.8 Å². The summed E-state index contributed by atoms with van der Waals surface area (Å²) >= 11 is 3.00. The van der Waals surface area contributed by atoms with Crippen molar-refractivity contribution in [3.8, 4) is 0 Å². The minimum absolute atomic E-state index is 0.0498. The van der Waals surface area contributed by atoms with E-state index in [0.717, 1.165) is 17.7 Å². The van der Waals surface area contributed by atoms with Crippen LogP contribution in [-0.2, 0) is 27.8 Å². The molecule has 2 aromatic rings. The molecule has 2 aliphatic heterocycles. The summed E-state index contributed by atoms with van der Waals surface area (Å²) in [6.07, 6.45) is 2.20. The normalized spacial score (nSPS) is 21.5. The maximum Gasteiger partial charge on any atom is 0.253 e. The molecular weight excluding hydrogens is 376 g/mol. The van der Waals surface area contributed by atoms with Gasteiger partial charge in [0.15, 0.2) is 0 Å². The Morgan fingerprint density at radius 3 is 2.84 bits per heavy atom. The van der Waals surface area contributed by atoms with Crippen molar-refractivity contribution in [3.63, 3.8) is 0 Å². The van der Waals surface area contributed by atoms with Crippen LogP contribution in [-0.4, -0.2) is 42.7 Å². The van der Waals surface area contributed by atoms with Gasteiger partial charge in [0, 0.05) is 29.4 Å². The number of fused-ring (bicyclic) bond motifs is 1. The summed E-state index contributed by atoms with van der Waals surface area (Å²) in [7, 11) is -3.59. The fraction of sp³-hybridized carbons (Fsp3) is 0.471. The van der Waals surface area contributed by atoms with E-state index in [2.05, 4.69) is 11.4 Å². The molecule has 134 valence electrons. The van der Waals surface area contributed by atoms with Crippen LogP contribution in [0.1, 0.15) is 28.2 Å². The maximum absolute atomic E-state index is 13.1. The van der Waals surface area contributed by atoms with E-state index in [0.29, 0.717) is 30.3 Å². The standard InChI is InChI=1S/C17H20N2O3S3/c1-12-4-5-16(24-12)25(21,22)19-8-2-3-14(19)17(20)18-9-6-15-13(11-18)7-10-23-15/h4-5,7,10,14H,2-3,6,8-9,11H2,1H3. The van der Waals surface area contributed by atoms with Crippen LogP contribution in [0.3, 0.4) is 0 Å². The summed E-state index contributed by atoms with van der Waals surface area (Å²) in [5.41, 5.74) is 1.20. The smallest absolute Gasteiger partial charge is 0.253 e. The lowest BCUT2D eigenvalue weighted by Crippen LogP contribution is -2.48. The van der Waals surface area contributed by atoms with Gasteiger partial charge < -0.3 is 4.90 Å². The molecule has 2 aromatic heterocycles. The average Bonchev–Trinajstić information content (AvgIpc) is 3.33. The van der Waals surface area contributed by atoms with Gasteiger partial charge in [-0.3, -0.25) is 4.79 Å². The zero-order chi connectivity index (χ0) is 17.6. The van der Waals surface area contributed by atoms with E-state index in [4.69, 9.17) is 0 Å². The monoisotopic (exact) mass is 396 g/mol. The molecule has 1 unspecified atom stereocenters. The number of carbonyl (C=O) groups excluding carboxylic acids is 1. The third-order valence-corrected chi connectivity index (χ3v) is 9.29. The Morgan fingerprint density at radius 2 is 2.08 bits per heavy atom. The molecule has 1 atom stereocenters. The van der Waals surface area contributed by atoms with E-state index in [-0.39, 0.29) is 5.91 Å². The van der Waals surface area contributed by atoms with Gasteiger partial charge in [-0.1, -0.05) is 0 Å². The Bertz CT molecular complexity index is 900. The highest BCUT2D eigenvalue weighted by Crippen LogP contribution is 2.32. The van der Waals surface area contributed by atoms with Crippen molar-refractivity contribution in [3.05, 3.63) is 38.9 Å². The van der Waals surface area contributed by atoms with Crippen molar-refractivity contribution < 1.29 is 13.2 Å². The van der Waals surface area contributed by atoms with Crippen molar-refractivity contribution >= 4 is 38.6 Å². The van der Waals surface area contributed by atoms with Crippen LogP contribution in [0.4, 0.5) is 0 Å². The molecule has 4 rings (SSSR count). The van der Waals surface area contributed by atoms with E-state index in [9.17, 15) is 13.2 Å². The summed E-state index contributed by atoms with van der Waals surface area (Å²) in [5.74, 6) is -0.0498. The minimum atomic E-state index is -3.59. The third kappa shape index (κ3) is 3.05. The molecule has 0 radical (unpaired) electrons. The molecule has 1 amide bonds. The topological polar surface area (TPSA) is 57.7 Å². The van der Waals surface area contributed by atoms with Gasteiger partial charge in [-0.15, -0.1) is 22.7 Å². The van der Waals surface area contributed by atoms with Crippen LogP contribution < -0.4 is 0 Å². The molecule has 0 saturated carbocycles. The number of hydrogen-bond donors (Lipinski definition) is 0. The highest BCUT2D eigenvalue weighted by molar-refractivity contribution is 7.91. The summed E-state index contributed by atoms with van der Waals surface area (Å²) in [6.45, 7) is 3.59. The lowest BCUT2D eigenvalue weighted by molar-refractivity contribution is -0.135. The fourth-order valence-corrected chi connectivity index (χ4v) is 7.54. The second-order valence-electron chi connectivity index (χ2n) is 6.52. The lowest BCUT2D eigenvalue weighted by atomic mass is 10.1.